The first-order valence-corrected chi connectivity index (χ1v) is 14.1. The molecule has 0 aromatic heterocycles. The molecule has 1 unspecified atom stereocenters. The van der Waals surface area contributed by atoms with Crippen LogP contribution in [0.5, 0.6) is 0 Å². The molecule has 0 saturated heterocycles. The second-order valence-corrected chi connectivity index (χ2v) is 10.6. The number of benzene rings is 5. The number of rotatable bonds is 8. The maximum atomic E-state index is 13.7. The van der Waals surface area contributed by atoms with Crippen LogP contribution in [0.2, 0.25) is 0 Å². The van der Waals surface area contributed by atoms with E-state index < -0.39 is 0 Å². The van der Waals surface area contributed by atoms with Crippen LogP contribution in [-0.2, 0) is 0 Å². The smallest absolute Gasteiger partial charge is 0.261 e. The van der Waals surface area contributed by atoms with Crippen LogP contribution in [0.3, 0.4) is 0 Å². The Kier molecular flexibility index (Phi) is 6.74. The number of imide groups is 1. The highest BCUT2D eigenvalue weighted by molar-refractivity contribution is 6.27. The Morgan fingerprint density at radius 3 is 2.00 bits per heavy atom. The van der Waals surface area contributed by atoms with Crippen LogP contribution in [-0.4, -0.2) is 22.8 Å². The van der Waals surface area contributed by atoms with Crippen LogP contribution in [0.4, 0.5) is 0 Å². The first kappa shape index (κ1) is 25.1. The summed E-state index contributed by atoms with van der Waals surface area (Å²) in [6.45, 7) is 4.24. The number of carbonyl (C=O) groups is 2. The number of hydrogen-bond acceptors (Lipinski definition) is 2. The molecular formula is C36H33NO2. The van der Waals surface area contributed by atoms with Crippen molar-refractivity contribution in [1.29, 1.82) is 0 Å². The van der Waals surface area contributed by atoms with Gasteiger partial charge in [-0.25, -0.2) is 0 Å². The Morgan fingerprint density at radius 1 is 0.615 bits per heavy atom. The largest absolute Gasteiger partial charge is 0.271 e. The average Bonchev–Trinajstić information content (AvgIpc) is 2.98. The molecule has 3 nitrogen and oxygen atoms in total. The van der Waals surface area contributed by atoms with E-state index in [9.17, 15) is 9.59 Å². The van der Waals surface area contributed by atoms with Gasteiger partial charge in [-0.15, -0.1) is 0 Å². The molecule has 0 fully saturated rings. The lowest BCUT2D eigenvalue weighted by atomic mass is 9.87. The Hall–Kier alpha value is -4.24. The third-order valence-corrected chi connectivity index (χ3v) is 8.17. The van der Waals surface area contributed by atoms with E-state index in [0.29, 0.717) is 11.1 Å². The summed E-state index contributed by atoms with van der Waals surface area (Å²) >= 11 is 0. The molecule has 1 atom stereocenters. The molecule has 0 aliphatic carbocycles. The Balaban J connectivity index is 1.40. The number of fused-ring (bicyclic) bond motifs is 1. The van der Waals surface area contributed by atoms with E-state index in [2.05, 4.69) is 74.5 Å². The first-order chi connectivity index (χ1) is 19.1. The molecule has 39 heavy (non-hydrogen) atoms. The predicted molar refractivity (Wildman–Crippen MR) is 161 cm³/mol. The molecule has 5 aromatic carbocycles. The van der Waals surface area contributed by atoms with Crippen molar-refractivity contribution >= 4 is 33.4 Å². The van der Waals surface area contributed by atoms with Gasteiger partial charge in [-0.1, -0.05) is 106 Å². The topological polar surface area (TPSA) is 37.4 Å². The molecular weight excluding hydrogens is 478 g/mol. The Bertz CT molecular complexity index is 1680. The van der Waals surface area contributed by atoms with Crippen LogP contribution in [0.1, 0.15) is 66.7 Å². The minimum atomic E-state index is -0.162. The van der Waals surface area contributed by atoms with E-state index in [1.165, 1.54) is 21.4 Å². The zero-order valence-electron chi connectivity index (χ0n) is 22.6. The van der Waals surface area contributed by atoms with Gasteiger partial charge in [-0.05, 0) is 75.5 Å². The highest BCUT2D eigenvalue weighted by atomic mass is 16.2. The fourth-order valence-electron chi connectivity index (χ4n) is 6.07. The van der Waals surface area contributed by atoms with Gasteiger partial charge >= 0.3 is 0 Å². The molecule has 0 N–H and O–H groups in total. The number of carbonyl (C=O) groups excluding carboxylic acids is 2. The third-order valence-electron chi connectivity index (χ3n) is 8.17. The summed E-state index contributed by atoms with van der Waals surface area (Å²) in [6, 6.07) is 33.2. The minimum absolute atomic E-state index is 0.0686. The molecule has 1 aliphatic heterocycles. The van der Waals surface area contributed by atoms with Crippen LogP contribution in [0.25, 0.3) is 43.8 Å². The zero-order valence-corrected chi connectivity index (χ0v) is 22.6. The monoisotopic (exact) mass is 511 g/mol. The van der Waals surface area contributed by atoms with E-state index in [0.717, 1.165) is 59.4 Å². The van der Waals surface area contributed by atoms with Gasteiger partial charge in [0.25, 0.3) is 11.8 Å². The zero-order chi connectivity index (χ0) is 26.9. The van der Waals surface area contributed by atoms with Gasteiger partial charge in [0.1, 0.15) is 0 Å². The standard InChI is InChI=1S/C36H33NO2/c1-3-5-7-13-29(4-2)37-35(38)32-15-10-14-31-30(20-21-33(34(31)32)36(37)39)28-19-18-26-22-25(16-17-27(26)23-28)24-11-8-6-9-12-24/h6,8-12,14-23,29H,3-5,7,13H2,1-2H3. The van der Waals surface area contributed by atoms with E-state index in [-0.39, 0.29) is 17.9 Å². The quantitative estimate of drug-likeness (QED) is 0.154. The first-order valence-electron chi connectivity index (χ1n) is 14.1. The molecule has 2 amide bonds. The molecule has 6 rings (SSSR count). The van der Waals surface area contributed by atoms with Gasteiger partial charge in [0.2, 0.25) is 0 Å². The molecule has 3 heteroatoms. The molecule has 194 valence electrons. The summed E-state index contributed by atoms with van der Waals surface area (Å²) in [7, 11) is 0. The minimum Gasteiger partial charge on any atom is -0.271 e. The number of unbranched alkanes of at least 4 members (excludes halogenated alkanes) is 2. The summed E-state index contributed by atoms with van der Waals surface area (Å²) in [6.07, 6.45) is 4.88. The van der Waals surface area contributed by atoms with Gasteiger partial charge < -0.3 is 0 Å². The average molecular weight is 512 g/mol. The fourth-order valence-corrected chi connectivity index (χ4v) is 6.07. The van der Waals surface area contributed by atoms with Crippen molar-refractivity contribution in [2.24, 2.45) is 0 Å². The van der Waals surface area contributed by atoms with E-state index in [4.69, 9.17) is 0 Å². The normalized spacial score (nSPS) is 13.8. The highest BCUT2D eigenvalue weighted by Gasteiger charge is 2.37. The summed E-state index contributed by atoms with van der Waals surface area (Å²) in [5, 5.41) is 4.07. The van der Waals surface area contributed by atoms with E-state index in [1.807, 2.05) is 36.4 Å². The number of hydrogen-bond donors (Lipinski definition) is 0. The van der Waals surface area contributed by atoms with Crippen molar-refractivity contribution in [3.05, 3.63) is 108 Å². The van der Waals surface area contributed by atoms with Crippen LogP contribution >= 0.6 is 0 Å². The summed E-state index contributed by atoms with van der Waals surface area (Å²) in [4.78, 5) is 29.0. The lowest BCUT2D eigenvalue weighted by Crippen LogP contribution is -2.46. The molecule has 0 spiro atoms. The summed E-state index contributed by atoms with van der Waals surface area (Å²) in [5.74, 6) is -0.323. The van der Waals surface area contributed by atoms with Crippen molar-refractivity contribution in [3.8, 4) is 22.3 Å². The van der Waals surface area contributed by atoms with E-state index >= 15 is 0 Å². The second kappa shape index (κ2) is 10.5. The van der Waals surface area contributed by atoms with Gasteiger partial charge in [-0.3, -0.25) is 14.5 Å². The van der Waals surface area contributed by atoms with Crippen LogP contribution in [0.15, 0.2) is 97.1 Å². The lowest BCUT2D eigenvalue weighted by molar-refractivity contribution is 0.0524. The fraction of sp³-hybridized carbons (Fsp3) is 0.222. The molecule has 0 bridgehead atoms. The van der Waals surface area contributed by atoms with E-state index in [1.54, 1.807) is 0 Å². The molecule has 0 saturated carbocycles. The highest BCUT2D eigenvalue weighted by Crippen LogP contribution is 2.38. The number of nitrogens with zero attached hydrogens (tertiary/aromatic N) is 1. The van der Waals surface area contributed by atoms with Crippen molar-refractivity contribution in [2.75, 3.05) is 0 Å². The second-order valence-electron chi connectivity index (χ2n) is 10.6. The van der Waals surface area contributed by atoms with Crippen molar-refractivity contribution in [1.82, 2.24) is 4.90 Å². The van der Waals surface area contributed by atoms with Crippen molar-refractivity contribution in [2.45, 2.75) is 52.0 Å². The maximum Gasteiger partial charge on any atom is 0.261 e. The Morgan fingerprint density at radius 2 is 1.28 bits per heavy atom. The van der Waals surface area contributed by atoms with Crippen LogP contribution < -0.4 is 0 Å². The van der Waals surface area contributed by atoms with Crippen molar-refractivity contribution in [3.63, 3.8) is 0 Å². The summed E-state index contributed by atoms with van der Waals surface area (Å²) < 4.78 is 0. The molecule has 0 radical (unpaired) electrons. The maximum absolute atomic E-state index is 13.7. The number of amides is 2. The van der Waals surface area contributed by atoms with Gasteiger partial charge in [0, 0.05) is 22.6 Å². The third kappa shape index (κ3) is 4.42. The lowest BCUT2D eigenvalue weighted by Gasteiger charge is -2.34. The van der Waals surface area contributed by atoms with Gasteiger partial charge in [0.15, 0.2) is 0 Å². The van der Waals surface area contributed by atoms with Gasteiger partial charge in [0.05, 0.1) is 0 Å². The Labute approximate surface area is 230 Å². The van der Waals surface area contributed by atoms with Gasteiger partial charge in [-0.2, -0.15) is 0 Å². The molecule has 1 aliphatic rings. The predicted octanol–water partition coefficient (Wildman–Crippen LogP) is 9.28. The van der Waals surface area contributed by atoms with Crippen molar-refractivity contribution < 1.29 is 9.59 Å². The SMILES string of the molecule is CCCCCC(CC)N1C(=O)c2cccc3c(-c4ccc5cc(-c6ccccc6)ccc5c4)ccc(c23)C1=O. The molecule has 1 heterocycles. The summed E-state index contributed by atoms with van der Waals surface area (Å²) in [5.41, 5.74) is 5.77. The van der Waals surface area contributed by atoms with Crippen LogP contribution in [0, 0.1) is 0 Å². The molecule has 5 aromatic rings.